The quantitative estimate of drug-likeness (QED) is 0.801. The van der Waals surface area contributed by atoms with Gasteiger partial charge in [-0.3, -0.25) is 0 Å². The molecule has 1 nitrogen and oxygen atoms in total. The lowest BCUT2D eigenvalue weighted by atomic mass is 9.98. The van der Waals surface area contributed by atoms with Crippen LogP contribution in [0.1, 0.15) is 22.8 Å². The zero-order chi connectivity index (χ0) is 14.0. The highest BCUT2D eigenvalue weighted by atomic mass is 127. The Kier molecular flexibility index (Phi) is 4.52. The third-order valence-corrected chi connectivity index (χ3v) is 3.97. The SMILES string of the molecule is Cc1cc(F)ccc1CC(O)c1ccc(F)cc1I. The molecule has 0 heterocycles. The summed E-state index contributed by atoms with van der Waals surface area (Å²) in [6.45, 7) is 1.81. The lowest BCUT2D eigenvalue weighted by Crippen LogP contribution is -2.05. The van der Waals surface area contributed by atoms with E-state index in [-0.39, 0.29) is 11.6 Å². The predicted octanol–water partition coefficient (Wildman–Crippen LogP) is 4.15. The molecule has 0 saturated heterocycles. The molecule has 4 heteroatoms. The molecule has 1 N–H and O–H groups in total. The number of aliphatic hydroxyl groups excluding tert-OH is 1. The van der Waals surface area contributed by atoms with Gasteiger partial charge in [0.2, 0.25) is 0 Å². The lowest BCUT2D eigenvalue weighted by Gasteiger charge is -2.14. The van der Waals surface area contributed by atoms with E-state index in [9.17, 15) is 13.9 Å². The monoisotopic (exact) mass is 374 g/mol. The molecule has 0 fully saturated rings. The molecule has 0 spiro atoms. The first-order chi connectivity index (χ1) is 8.97. The van der Waals surface area contributed by atoms with Crippen molar-refractivity contribution in [3.05, 3.63) is 68.3 Å². The van der Waals surface area contributed by atoms with E-state index >= 15 is 0 Å². The number of rotatable bonds is 3. The van der Waals surface area contributed by atoms with Gasteiger partial charge in [0.25, 0.3) is 0 Å². The van der Waals surface area contributed by atoms with Crippen molar-refractivity contribution in [1.29, 1.82) is 0 Å². The first-order valence-electron chi connectivity index (χ1n) is 5.85. The maximum Gasteiger partial charge on any atom is 0.124 e. The topological polar surface area (TPSA) is 20.2 Å². The molecule has 0 aliphatic carbocycles. The molecule has 2 rings (SSSR count). The van der Waals surface area contributed by atoms with E-state index in [1.54, 1.807) is 19.1 Å². The Labute approximate surface area is 124 Å². The molecular formula is C15H13F2IO. The fourth-order valence-corrected chi connectivity index (χ4v) is 2.82. The molecule has 0 aromatic heterocycles. The molecule has 0 bridgehead atoms. The summed E-state index contributed by atoms with van der Waals surface area (Å²) in [5.74, 6) is -0.606. The van der Waals surface area contributed by atoms with Gasteiger partial charge < -0.3 is 5.11 Å². The van der Waals surface area contributed by atoms with Crippen LogP contribution in [0.2, 0.25) is 0 Å². The highest BCUT2D eigenvalue weighted by Crippen LogP contribution is 2.25. The second-order valence-corrected chi connectivity index (χ2v) is 5.62. The number of hydrogen-bond donors (Lipinski definition) is 1. The van der Waals surface area contributed by atoms with E-state index < -0.39 is 6.10 Å². The molecule has 0 aliphatic rings. The van der Waals surface area contributed by atoms with Crippen LogP contribution in [0.5, 0.6) is 0 Å². The Morgan fingerprint density at radius 2 is 1.74 bits per heavy atom. The Morgan fingerprint density at radius 3 is 2.37 bits per heavy atom. The number of halogens is 3. The predicted molar refractivity (Wildman–Crippen MR) is 78.9 cm³/mol. The number of aryl methyl sites for hydroxylation is 1. The third-order valence-electron chi connectivity index (χ3n) is 3.04. The summed E-state index contributed by atoms with van der Waals surface area (Å²) in [6.07, 6.45) is -0.343. The van der Waals surface area contributed by atoms with Gasteiger partial charge in [0.1, 0.15) is 11.6 Å². The van der Waals surface area contributed by atoms with E-state index in [0.29, 0.717) is 15.6 Å². The maximum absolute atomic E-state index is 13.0. The fraction of sp³-hybridized carbons (Fsp3) is 0.200. The van der Waals surface area contributed by atoms with E-state index in [2.05, 4.69) is 0 Å². The van der Waals surface area contributed by atoms with Crippen molar-refractivity contribution in [3.63, 3.8) is 0 Å². The highest BCUT2D eigenvalue weighted by molar-refractivity contribution is 14.1. The Morgan fingerprint density at radius 1 is 1.11 bits per heavy atom. The summed E-state index contributed by atoms with van der Waals surface area (Å²) in [5, 5.41) is 10.2. The van der Waals surface area contributed by atoms with E-state index in [0.717, 1.165) is 11.1 Å². The van der Waals surface area contributed by atoms with Gasteiger partial charge in [0.15, 0.2) is 0 Å². The summed E-state index contributed by atoms with van der Waals surface area (Å²) < 4.78 is 26.7. The van der Waals surface area contributed by atoms with Crippen LogP contribution in [-0.2, 0) is 6.42 Å². The molecule has 0 aliphatic heterocycles. The Bertz CT molecular complexity index is 599. The van der Waals surface area contributed by atoms with Crippen LogP contribution in [0.4, 0.5) is 8.78 Å². The van der Waals surface area contributed by atoms with Crippen LogP contribution in [0.15, 0.2) is 36.4 Å². The largest absolute Gasteiger partial charge is 0.388 e. The summed E-state index contributed by atoms with van der Waals surface area (Å²) >= 11 is 2.00. The Balaban J connectivity index is 2.23. The summed E-state index contributed by atoms with van der Waals surface area (Å²) in [4.78, 5) is 0. The third kappa shape index (κ3) is 3.51. The van der Waals surface area contributed by atoms with Crippen molar-refractivity contribution in [1.82, 2.24) is 0 Å². The van der Waals surface area contributed by atoms with Gasteiger partial charge in [0, 0.05) is 9.99 Å². The molecule has 19 heavy (non-hydrogen) atoms. The van der Waals surface area contributed by atoms with Crippen LogP contribution in [0.25, 0.3) is 0 Å². The first kappa shape index (κ1) is 14.4. The van der Waals surface area contributed by atoms with Crippen molar-refractivity contribution in [2.45, 2.75) is 19.4 Å². The van der Waals surface area contributed by atoms with Gasteiger partial charge in [-0.05, 0) is 70.5 Å². The van der Waals surface area contributed by atoms with E-state index in [1.807, 2.05) is 22.6 Å². The van der Waals surface area contributed by atoms with Gasteiger partial charge >= 0.3 is 0 Å². The van der Waals surface area contributed by atoms with E-state index in [1.165, 1.54) is 24.3 Å². The van der Waals surface area contributed by atoms with Crippen LogP contribution in [0.3, 0.4) is 0 Å². The Hall–Kier alpha value is -1.01. The molecule has 2 aromatic rings. The molecule has 0 saturated carbocycles. The standard InChI is InChI=1S/C15H13F2IO/c1-9-6-11(16)3-2-10(9)7-15(19)13-5-4-12(17)8-14(13)18/h2-6,8,15,19H,7H2,1H3. The molecule has 1 atom stereocenters. The summed E-state index contributed by atoms with van der Waals surface area (Å²) in [7, 11) is 0. The van der Waals surface area contributed by atoms with Crippen LogP contribution in [-0.4, -0.2) is 5.11 Å². The lowest BCUT2D eigenvalue weighted by molar-refractivity contribution is 0.177. The summed E-state index contributed by atoms with van der Waals surface area (Å²) in [6, 6.07) is 8.79. The van der Waals surface area contributed by atoms with E-state index in [4.69, 9.17) is 0 Å². The van der Waals surface area contributed by atoms with Crippen LogP contribution < -0.4 is 0 Å². The molecule has 0 amide bonds. The van der Waals surface area contributed by atoms with Crippen LogP contribution >= 0.6 is 22.6 Å². The van der Waals surface area contributed by atoms with Crippen molar-refractivity contribution in [3.8, 4) is 0 Å². The average Bonchev–Trinajstić information content (AvgIpc) is 2.32. The molecule has 100 valence electrons. The minimum absolute atomic E-state index is 0.285. The van der Waals surface area contributed by atoms with Crippen molar-refractivity contribution < 1.29 is 13.9 Å². The highest BCUT2D eigenvalue weighted by Gasteiger charge is 2.14. The smallest absolute Gasteiger partial charge is 0.124 e. The maximum atomic E-state index is 13.0. The molecule has 2 aromatic carbocycles. The minimum Gasteiger partial charge on any atom is -0.388 e. The van der Waals surface area contributed by atoms with Crippen molar-refractivity contribution in [2.24, 2.45) is 0 Å². The molecule has 0 radical (unpaired) electrons. The van der Waals surface area contributed by atoms with Gasteiger partial charge in [-0.15, -0.1) is 0 Å². The van der Waals surface area contributed by atoms with Gasteiger partial charge in [0.05, 0.1) is 6.10 Å². The number of hydrogen-bond acceptors (Lipinski definition) is 1. The minimum atomic E-state index is -0.725. The van der Waals surface area contributed by atoms with Gasteiger partial charge in [-0.1, -0.05) is 12.1 Å². The second-order valence-electron chi connectivity index (χ2n) is 4.46. The normalized spacial score (nSPS) is 12.5. The van der Waals surface area contributed by atoms with Crippen molar-refractivity contribution >= 4 is 22.6 Å². The summed E-state index contributed by atoms with van der Waals surface area (Å²) in [5.41, 5.74) is 2.37. The molecule has 1 unspecified atom stereocenters. The van der Waals surface area contributed by atoms with Gasteiger partial charge in [-0.25, -0.2) is 8.78 Å². The number of aliphatic hydroxyl groups is 1. The number of benzene rings is 2. The fourth-order valence-electron chi connectivity index (χ4n) is 1.98. The van der Waals surface area contributed by atoms with Crippen LogP contribution in [0, 0.1) is 22.1 Å². The average molecular weight is 374 g/mol. The zero-order valence-corrected chi connectivity index (χ0v) is 12.5. The molecular weight excluding hydrogens is 361 g/mol. The second kappa shape index (κ2) is 5.96. The van der Waals surface area contributed by atoms with Crippen molar-refractivity contribution in [2.75, 3.05) is 0 Å². The van der Waals surface area contributed by atoms with Gasteiger partial charge in [-0.2, -0.15) is 0 Å². The zero-order valence-electron chi connectivity index (χ0n) is 10.3. The first-order valence-corrected chi connectivity index (χ1v) is 6.93.